The summed E-state index contributed by atoms with van der Waals surface area (Å²) in [5.74, 6) is 0. The van der Waals surface area contributed by atoms with E-state index < -0.39 is 6.67 Å². The summed E-state index contributed by atoms with van der Waals surface area (Å²) in [7, 11) is 0. The van der Waals surface area contributed by atoms with E-state index in [1.807, 2.05) is 31.2 Å². The van der Waals surface area contributed by atoms with Gasteiger partial charge in [-0.2, -0.15) is 0 Å². The largest absolute Gasteiger partial charge is 0.252 e. The maximum atomic E-state index is 12.6. The van der Waals surface area contributed by atoms with E-state index in [1.165, 1.54) is 5.56 Å². The van der Waals surface area contributed by atoms with Crippen molar-refractivity contribution in [2.24, 2.45) is 0 Å². The Balaban J connectivity index is 2.00. The summed E-state index contributed by atoms with van der Waals surface area (Å²) in [6.07, 6.45) is 1.78. The summed E-state index contributed by atoms with van der Waals surface area (Å²) < 4.78 is 12.6. The molecule has 0 spiro atoms. The maximum Gasteiger partial charge on any atom is 0.115 e. The summed E-state index contributed by atoms with van der Waals surface area (Å²) in [6, 6.07) is 15.5. The van der Waals surface area contributed by atoms with Crippen molar-refractivity contribution < 1.29 is 4.39 Å². The quantitative estimate of drug-likeness (QED) is 0.686. The Morgan fingerprint density at radius 2 is 1.68 bits per heavy atom. The first kappa shape index (κ1) is 14.4. The first-order valence-electron chi connectivity index (χ1n) is 7.24. The number of hydrogen-bond donors (Lipinski definition) is 0. The van der Waals surface area contributed by atoms with E-state index in [0.29, 0.717) is 5.56 Å². The number of alkyl halides is 1. The molecule has 0 aliphatic carbocycles. The van der Waals surface area contributed by atoms with Gasteiger partial charge in [0.2, 0.25) is 0 Å². The van der Waals surface area contributed by atoms with Gasteiger partial charge in [0.1, 0.15) is 6.67 Å². The van der Waals surface area contributed by atoms with E-state index in [-0.39, 0.29) is 0 Å². The molecule has 110 valence electrons. The van der Waals surface area contributed by atoms with E-state index in [4.69, 9.17) is 0 Å². The van der Waals surface area contributed by atoms with Crippen LogP contribution in [0.25, 0.3) is 22.5 Å². The molecule has 0 fully saturated rings. The van der Waals surface area contributed by atoms with Crippen LogP contribution in [0.4, 0.5) is 4.39 Å². The van der Waals surface area contributed by atoms with Gasteiger partial charge in [-0.25, -0.2) is 9.37 Å². The minimum Gasteiger partial charge on any atom is -0.252 e. The number of aryl methyl sites for hydroxylation is 2. The van der Waals surface area contributed by atoms with Gasteiger partial charge in [-0.3, -0.25) is 4.98 Å². The molecule has 3 heteroatoms. The van der Waals surface area contributed by atoms with Gasteiger partial charge in [0.05, 0.1) is 23.3 Å². The second-order valence-corrected chi connectivity index (χ2v) is 5.33. The predicted octanol–water partition coefficient (Wildman–Crippen LogP) is 4.90. The van der Waals surface area contributed by atoms with Crippen LogP contribution >= 0.6 is 0 Å². The Bertz CT molecular complexity index is 795. The number of hydrogen-bond acceptors (Lipinski definition) is 2. The number of nitrogens with zero attached hydrogens (tertiary/aromatic N) is 2. The van der Waals surface area contributed by atoms with E-state index in [2.05, 4.69) is 29.0 Å². The molecule has 22 heavy (non-hydrogen) atoms. The lowest BCUT2D eigenvalue weighted by Crippen LogP contribution is -1.96. The average molecular weight is 292 g/mol. The summed E-state index contributed by atoms with van der Waals surface area (Å²) in [5, 5.41) is 0. The summed E-state index contributed by atoms with van der Waals surface area (Å²) in [5.41, 5.74) is 6.50. The highest BCUT2D eigenvalue weighted by molar-refractivity contribution is 5.67. The van der Waals surface area contributed by atoms with Crippen molar-refractivity contribution in [1.82, 2.24) is 9.97 Å². The van der Waals surface area contributed by atoms with Crippen molar-refractivity contribution in [1.29, 1.82) is 0 Å². The van der Waals surface area contributed by atoms with Crippen LogP contribution < -0.4 is 0 Å². The fourth-order valence-electron chi connectivity index (χ4n) is 2.49. The smallest absolute Gasteiger partial charge is 0.115 e. The third-order valence-electron chi connectivity index (χ3n) is 3.75. The molecule has 0 aliphatic heterocycles. The van der Waals surface area contributed by atoms with Crippen LogP contribution in [0.1, 0.15) is 16.8 Å². The Kier molecular flexibility index (Phi) is 3.96. The molecule has 1 aromatic heterocycles. The molecular weight excluding hydrogens is 275 g/mol. The molecule has 0 radical (unpaired) electrons. The molecule has 0 unspecified atom stereocenters. The van der Waals surface area contributed by atoms with Crippen molar-refractivity contribution in [3.63, 3.8) is 0 Å². The van der Waals surface area contributed by atoms with Crippen LogP contribution in [-0.2, 0) is 6.67 Å². The molecule has 3 aromatic rings. The van der Waals surface area contributed by atoms with Gasteiger partial charge in [-0.05, 0) is 25.0 Å². The van der Waals surface area contributed by atoms with Gasteiger partial charge < -0.3 is 0 Å². The minimum absolute atomic E-state index is 0.447. The van der Waals surface area contributed by atoms with Gasteiger partial charge in [-0.1, -0.05) is 48.5 Å². The molecule has 3 rings (SSSR count). The fourth-order valence-corrected chi connectivity index (χ4v) is 2.49. The van der Waals surface area contributed by atoms with Crippen molar-refractivity contribution in [3.05, 3.63) is 71.5 Å². The average Bonchev–Trinajstić information content (AvgIpc) is 2.56. The van der Waals surface area contributed by atoms with Gasteiger partial charge in [0.15, 0.2) is 0 Å². The summed E-state index contributed by atoms with van der Waals surface area (Å²) >= 11 is 0. The fraction of sp³-hybridized carbons (Fsp3) is 0.158. The number of halogens is 1. The first-order chi connectivity index (χ1) is 10.7. The van der Waals surface area contributed by atoms with Crippen LogP contribution in [0.5, 0.6) is 0 Å². The van der Waals surface area contributed by atoms with Crippen molar-refractivity contribution in [2.75, 3.05) is 0 Å². The molecule has 0 saturated carbocycles. The molecule has 0 amide bonds. The summed E-state index contributed by atoms with van der Waals surface area (Å²) in [6.45, 7) is 3.59. The van der Waals surface area contributed by atoms with E-state index in [9.17, 15) is 4.39 Å². The molecule has 0 N–H and O–H groups in total. The molecule has 0 saturated heterocycles. The van der Waals surface area contributed by atoms with E-state index in [1.54, 1.807) is 18.3 Å². The normalized spacial score (nSPS) is 10.7. The molecule has 0 bridgehead atoms. The third-order valence-corrected chi connectivity index (χ3v) is 3.75. The predicted molar refractivity (Wildman–Crippen MR) is 87.2 cm³/mol. The van der Waals surface area contributed by atoms with Gasteiger partial charge in [0.25, 0.3) is 0 Å². The Labute approximate surface area is 129 Å². The van der Waals surface area contributed by atoms with E-state index >= 15 is 0 Å². The molecular formula is C19H17FN2. The van der Waals surface area contributed by atoms with Crippen LogP contribution in [0.3, 0.4) is 0 Å². The van der Waals surface area contributed by atoms with Gasteiger partial charge in [-0.15, -0.1) is 0 Å². The second-order valence-electron chi connectivity index (χ2n) is 5.33. The lowest BCUT2D eigenvalue weighted by atomic mass is 10.0. The number of rotatable bonds is 3. The van der Waals surface area contributed by atoms with Gasteiger partial charge in [0, 0.05) is 11.1 Å². The highest BCUT2D eigenvalue weighted by atomic mass is 19.1. The lowest BCUT2D eigenvalue weighted by molar-refractivity contribution is 0.485. The highest BCUT2D eigenvalue weighted by Gasteiger charge is 2.09. The highest BCUT2D eigenvalue weighted by Crippen LogP contribution is 2.26. The third kappa shape index (κ3) is 2.75. The SMILES string of the molecule is Cc1ccccc1-c1ncc(-c2ccc(CF)cc2)nc1C. The monoisotopic (exact) mass is 292 g/mol. The van der Waals surface area contributed by atoms with Crippen LogP contribution in [0.2, 0.25) is 0 Å². The minimum atomic E-state index is -0.447. The zero-order chi connectivity index (χ0) is 15.5. The van der Waals surface area contributed by atoms with Gasteiger partial charge >= 0.3 is 0 Å². The summed E-state index contributed by atoms with van der Waals surface area (Å²) in [4.78, 5) is 9.25. The zero-order valence-corrected chi connectivity index (χ0v) is 12.7. The molecule has 0 aliphatic rings. The molecule has 2 aromatic carbocycles. The second kappa shape index (κ2) is 6.06. The van der Waals surface area contributed by atoms with Crippen molar-refractivity contribution >= 4 is 0 Å². The van der Waals surface area contributed by atoms with E-state index in [0.717, 1.165) is 28.2 Å². The lowest BCUT2D eigenvalue weighted by Gasteiger charge is -2.09. The first-order valence-corrected chi connectivity index (χ1v) is 7.24. The molecule has 0 atom stereocenters. The molecule has 1 heterocycles. The van der Waals surface area contributed by atoms with Crippen LogP contribution in [0.15, 0.2) is 54.7 Å². The zero-order valence-electron chi connectivity index (χ0n) is 12.7. The number of aromatic nitrogens is 2. The standard InChI is InChI=1S/C19H17FN2/c1-13-5-3-4-6-17(13)19-14(2)22-18(12-21-19)16-9-7-15(11-20)8-10-16/h3-10,12H,11H2,1-2H3. The Hall–Kier alpha value is -2.55. The molecule has 2 nitrogen and oxygen atoms in total. The topological polar surface area (TPSA) is 25.8 Å². The van der Waals surface area contributed by atoms with Crippen molar-refractivity contribution in [3.8, 4) is 22.5 Å². The number of benzene rings is 2. The Morgan fingerprint density at radius 3 is 2.32 bits per heavy atom. The maximum absolute atomic E-state index is 12.6. The van der Waals surface area contributed by atoms with Crippen molar-refractivity contribution in [2.45, 2.75) is 20.5 Å². The van der Waals surface area contributed by atoms with Crippen LogP contribution in [0, 0.1) is 13.8 Å². The van der Waals surface area contributed by atoms with Crippen LogP contribution in [-0.4, -0.2) is 9.97 Å². The Morgan fingerprint density at radius 1 is 0.955 bits per heavy atom.